The molecule has 10 aromatic heterocycles. The van der Waals surface area contributed by atoms with Gasteiger partial charge in [0.25, 0.3) is 0 Å². The van der Waals surface area contributed by atoms with E-state index in [0.717, 1.165) is 50.3 Å². The van der Waals surface area contributed by atoms with Gasteiger partial charge in [-0.2, -0.15) is 15.3 Å². The number of amides is 5. The number of aromatic amines is 1. The van der Waals surface area contributed by atoms with Crippen molar-refractivity contribution in [3.8, 4) is 44.9 Å². The number of carbonyl (C=O) groups is 8. The summed E-state index contributed by atoms with van der Waals surface area (Å²) in [6.45, 7) is 14.0. The Balaban J connectivity index is 0.000000145. The van der Waals surface area contributed by atoms with Gasteiger partial charge >= 0.3 is 0 Å². The zero-order valence-electron chi connectivity index (χ0n) is 65.3. The lowest BCUT2D eigenvalue weighted by atomic mass is 10.0. The van der Waals surface area contributed by atoms with Gasteiger partial charge in [-0.3, -0.25) is 57.4 Å². The lowest BCUT2D eigenvalue weighted by Crippen LogP contribution is -2.44. The van der Waals surface area contributed by atoms with Gasteiger partial charge in [-0.25, -0.2) is 58.0 Å². The highest BCUT2D eigenvalue weighted by Crippen LogP contribution is 2.37. The number of Topliss-reactive ketones (excluding diaryl/α,β-unsaturated/α-hetero) is 3. The Morgan fingerprint density at radius 2 is 0.864 bits per heavy atom. The minimum atomic E-state index is -1.35. The molecule has 0 unspecified atom stereocenters. The minimum Gasteiger partial charge on any atom is -0.339 e. The van der Waals surface area contributed by atoms with Gasteiger partial charge in [0.05, 0.1) is 65.5 Å². The molecule has 13 heterocycles. The van der Waals surface area contributed by atoms with E-state index in [0.29, 0.717) is 88.2 Å². The summed E-state index contributed by atoms with van der Waals surface area (Å²) in [5, 5.41) is 20.5. The first-order valence-electron chi connectivity index (χ1n) is 37.6. The molecular weight excluding hydrogens is 1650 g/mol. The van der Waals surface area contributed by atoms with Crippen LogP contribution in [-0.4, -0.2) is 196 Å². The third-order valence-electron chi connectivity index (χ3n) is 20.4. The van der Waals surface area contributed by atoms with E-state index >= 15 is 0 Å². The third-order valence-corrected chi connectivity index (χ3v) is 21.3. The monoisotopic (exact) mass is 1720 g/mol. The maximum atomic E-state index is 14.7. The topological polar surface area (TPSA) is 368 Å². The zero-order valence-corrected chi connectivity index (χ0v) is 68.4. The largest absolute Gasteiger partial charge is 0.339 e. The van der Waals surface area contributed by atoms with E-state index in [-0.39, 0.29) is 98.9 Å². The molecule has 0 bridgehead atoms. The van der Waals surface area contributed by atoms with Gasteiger partial charge in [-0.15, -0.1) is 0 Å². The van der Waals surface area contributed by atoms with Crippen molar-refractivity contribution in [2.75, 3.05) is 30.3 Å². The number of fused-ring (bicyclic) bond motifs is 3. The molecule has 0 radical (unpaired) electrons. The van der Waals surface area contributed by atoms with Crippen LogP contribution in [0.15, 0.2) is 150 Å². The van der Waals surface area contributed by atoms with E-state index in [9.17, 15) is 51.5 Å². The highest BCUT2D eigenvalue weighted by Gasteiger charge is 2.43. The molecule has 3 fully saturated rings. The number of nitrogens with one attached hydrogen (secondary N) is 3. The Kier molecular flexibility index (Phi) is 23.9. The van der Waals surface area contributed by atoms with Crippen molar-refractivity contribution >= 4 is 123 Å². The SMILES string of the molecule is CC(=O)c1nn(CC(=O)N2C[C@H](F)C[C@H]2C(=O)Nc2nc(Br)ccc2C)c2ccc(-c3ccnc(C)n3)cc12.CC(=O)c1nn(CC(=O)N2C[C@H](F)C[C@H]2C(=O)Nc2nc(Br)ccc2C)c2ccc(-c3cnc(C)nc3)cc12.CC(=O)c1nn(CC(=O)N2C[C@H](F)C[C@H]2c2ncc(-c3cccc(C)n3)[nH]2)c2ccc(-c3cnc(C)nc3)cc12. The van der Waals surface area contributed by atoms with Crippen LogP contribution in [0.2, 0.25) is 0 Å². The third kappa shape index (κ3) is 17.9. The molecule has 0 aliphatic carbocycles. The molecule has 13 aromatic rings. The van der Waals surface area contributed by atoms with Crippen molar-refractivity contribution in [2.45, 2.75) is 138 Å². The average Bonchev–Trinajstić information content (AvgIpc) is 1.63. The average molecular weight is 1730 g/mol. The molecule has 16 rings (SSSR count). The number of H-pyrrole nitrogens is 1. The van der Waals surface area contributed by atoms with E-state index in [2.05, 4.69) is 113 Å². The fraction of sp³-hybridized carbons (Fsp3) is 0.289. The van der Waals surface area contributed by atoms with Gasteiger partial charge in [0.15, 0.2) is 17.3 Å². The van der Waals surface area contributed by atoms with Crippen molar-refractivity contribution in [3.05, 3.63) is 207 Å². The minimum absolute atomic E-state index is 0.0431. The van der Waals surface area contributed by atoms with E-state index in [1.807, 2.05) is 68.4 Å². The number of nitrogens with zero attached hydrogens (tertiary/aromatic N) is 19. The predicted molar refractivity (Wildman–Crippen MR) is 438 cm³/mol. The second kappa shape index (κ2) is 34.5. The van der Waals surface area contributed by atoms with Gasteiger partial charge in [-0.05, 0) is 162 Å². The Morgan fingerprint density at radius 1 is 0.441 bits per heavy atom. The summed E-state index contributed by atoms with van der Waals surface area (Å²) < 4.78 is 49.1. The molecule has 35 heteroatoms. The number of hydrogen-bond donors (Lipinski definition) is 3. The van der Waals surface area contributed by atoms with Crippen LogP contribution in [0, 0.1) is 41.5 Å². The second-order valence-electron chi connectivity index (χ2n) is 29.0. The first-order valence-corrected chi connectivity index (χ1v) is 39.2. The molecule has 5 amide bonds. The molecule has 0 saturated carbocycles. The number of benzene rings is 3. The molecule has 6 atom stereocenters. The van der Waals surface area contributed by atoms with Gasteiger partial charge in [0, 0.05) is 110 Å². The van der Waals surface area contributed by atoms with E-state index in [1.54, 1.807) is 113 Å². The van der Waals surface area contributed by atoms with Crippen LogP contribution in [0.3, 0.4) is 0 Å². The highest BCUT2D eigenvalue weighted by atomic mass is 79.9. The standard InChI is InChI=1S/C29H27FN8O2.2C27H25BrFN7O3/c1-16-5-4-6-23(34-16)24-13-33-29(35-24)26-10-21(30)14-37(26)27(40)15-38-25-8-7-19(20-11-31-18(3)32-12-20)9-22(25)28(36-38)17(2)39;1-14-4-7-23(28)32-26(14)33-27(39)22-9-19(29)12-35(22)24(38)13-36-21-6-5-17(18-10-30-16(3)31-11-18)8-20(21)25(34-36)15(2)37;1-14-4-7-23(28)32-26(14)33-27(39)22-11-18(29)12-35(22)24(38)13-36-21-6-5-17(20-8-9-30-16(3)31-20)10-19(21)25(34-36)15(2)37/h4-9,11-13,21,26H,10,14-15H2,1-3H3,(H,33,35);4-8,10-11,19,22H,9,12-13H2,1-3H3,(H,32,33,39);4-10,18,22H,11-13H2,1-3H3,(H,32,33,39)/t21-,26+;19-,22+;18-,22+/m111/s1. The number of rotatable bonds is 18. The van der Waals surface area contributed by atoms with Crippen LogP contribution >= 0.6 is 31.9 Å². The summed E-state index contributed by atoms with van der Waals surface area (Å²) in [4.78, 5) is 154. The van der Waals surface area contributed by atoms with Crippen molar-refractivity contribution < 1.29 is 51.5 Å². The molecule has 3 aromatic carbocycles. The van der Waals surface area contributed by atoms with Crippen LogP contribution in [0.25, 0.3) is 77.6 Å². The van der Waals surface area contributed by atoms with Crippen molar-refractivity contribution in [1.82, 2.24) is 98.9 Å². The van der Waals surface area contributed by atoms with Gasteiger partial charge in [-0.1, -0.05) is 36.4 Å². The predicted octanol–water partition coefficient (Wildman–Crippen LogP) is 12.5. The Bertz CT molecular complexity index is 6140. The number of aryl methyl sites for hydroxylation is 6. The summed E-state index contributed by atoms with van der Waals surface area (Å²) in [6.07, 6.45) is 6.18. The maximum absolute atomic E-state index is 14.7. The smallest absolute Gasteiger partial charge is 0.248 e. The second-order valence-corrected chi connectivity index (χ2v) is 30.6. The number of anilines is 2. The molecule has 3 saturated heterocycles. The van der Waals surface area contributed by atoms with Crippen molar-refractivity contribution in [3.63, 3.8) is 0 Å². The van der Waals surface area contributed by atoms with Crippen LogP contribution in [-0.2, 0) is 43.6 Å². The van der Waals surface area contributed by atoms with E-state index in [4.69, 9.17) is 0 Å². The maximum Gasteiger partial charge on any atom is 0.248 e. The molecule has 118 heavy (non-hydrogen) atoms. The first kappa shape index (κ1) is 81.6. The molecule has 3 N–H and O–H groups in total. The number of alkyl halides is 3. The number of aromatic nitrogens is 17. The lowest BCUT2D eigenvalue weighted by Gasteiger charge is -2.24. The van der Waals surface area contributed by atoms with Crippen LogP contribution in [0.5, 0.6) is 0 Å². The zero-order chi connectivity index (χ0) is 83.7. The van der Waals surface area contributed by atoms with Gasteiger partial charge < -0.3 is 30.3 Å². The number of pyridine rings is 3. The molecule has 3 aliphatic rings. The summed E-state index contributed by atoms with van der Waals surface area (Å²) in [5.74, 6) is 0.0412. The molecule has 602 valence electrons. The summed E-state index contributed by atoms with van der Waals surface area (Å²) in [7, 11) is 0. The normalized spacial score (nSPS) is 17.0. The number of hydrogen-bond acceptors (Lipinski definition) is 21. The lowest BCUT2D eigenvalue weighted by molar-refractivity contribution is -0.137. The Hall–Kier alpha value is -12.9. The quantitative estimate of drug-likeness (QED) is 0.0530. The van der Waals surface area contributed by atoms with E-state index < -0.39 is 60.3 Å². The number of ketones is 3. The Labute approximate surface area is 689 Å². The number of halogens is 5. The highest BCUT2D eigenvalue weighted by molar-refractivity contribution is 9.10. The molecule has 0 spiro atoms. The summed E-state index contributed by atoms with van der Waals surface area (Å²) in [6, 6.07) is 28.3. The molecule has 30 nitrogen and oxygen atoms in total. The van der Waals surface area contributed by atoms with Crippen molar-refractivity contribution in [1.29, 1.82) is 0 Å². The number of likely N-dealkylation sites (tertiary alicyclic amines) is 3. The fourth-order valence-corrected chi connectivity index (χ4v) is 15.1. The fourth-order valence-electron chi connectivity index (χ4n) is 14.5. The molecular formula is C83H77Br2F3N22O8. The first-order chi connectivity index (χ1) is 56.5. The summed E-state index contributed by atoms with van der Waals surface area (Å²) >= 11 is 6.55. The Morgan fingerprint density at radius 3 is 1.31 bits per heavy atom. The van der Waals surface area contributed by atoms with Crippen LogP contribution < -0.4 is 10.6 Å². The van der Waals surface area contributed by atoms with Crippen LogP contribution in [0.4, 0.5) is 24.8 Å². The van der Waals surface area contributed by atoms with Crippen molar-refractivity contribution in [2.24, 2.45) is 0 Å². The van der Waals surface area contributed by atoms with Crippen LogP contribution in [0.1, 0.15) is 118 Å². The van der Waals surface area contributed by atoms with E-state index in [1.165, 1.54) is 49.5 Å². The molecule has 3 aliphatic heterocycles. The summed E-state index contributed by atoms with van der Waals surface area (Å²) in [5.41, 5.74) is 10.9. The number of carbonyl (C=O) groups excluding carboxylic acids is 8. The van der Waals surface area contributed by atoms with Gasteiger partial charge in [0.2, 0.25) is 29.5 Å². The number of imidazole rings is 1. The van der Waals surface area contributed by atoms with Gasteiger partial charge in [0.1, 0.15) is 111 Å².